The van der Waals surface area contributed by atoms with Gasteiger partial charge in [0, 0.05) is 5.56 Å². The van der Waals surface area contributed by atoms with Crippen LogP contribution >= 0.6 is 0 Å². The Morgan fingerprint density at radius 2 is 1.16 bits per heavy atom. The Balaban J connectivity index is 2.63. The standard InChI is InChI=1S/C14H8F4O/c1-7-11(15)2-8(3-12(7)16)9-4-13(17)10(6-19)14(18)5-9/h2-6H,1H3. The summed E-state index contributed by atoms with van der Waals surface area (Å²) >= 11 is 0. The van der Waals surface area contributed by atoms with Crippen molar-refractivity contribution >= 4 is 6.29 Å². The van der Waals surface area contributed by atoms with E-state index in [9.17, 15) is 22.4 Å². The molecule has 0 aliphatic heterocycles. The fraction of sp³-hybridized carbons (Fsp3) is 0.0714. The number of carbonyl (C=O) groups excluding carboxylic acids is 1. The summed E-state index contributed by atoms with van der Waals surface area (Å²) < 4.78 is 53.6. The number of hydrogen-bond donors (Lipinski definition) is 0. The van der Waals surface area contributed by atoms with Crippen LogP contribution in [0, 0.1) is 30.2 Å². The maximum atomic E-state index is 13.4. The molecule has 0 heterocycles. The first-order valence-electron chi connectivity index (χ1n) is 5.34. The molecule has 0 aliphatic rings. The molecule has 0 spiro atoms. The number of hydrogen-bond acceptors (Lipinski definition) is 1. The second kappa shape index (κ2) is 4.84. The molecule has 1 nitrogen and oxygen atoms in total. The fourth-order valence-electron chi connectivity index (χ4n) is 1.68. The maximum absolute atomic E-state index is 13.4. The van der Waals surface area contributed by atoms with Crippen molar-refractivity contribution in [2.75, 3.05) is 0 Å². The van der Waals surface area contributed by atoms with Crippen molar-refractivity contribution in [1.29, 1.82) is 0 Å². The van der Waals surface area contributed by atoms with Gasteiger partial charge in [-0.05, 0) is 42.3 Å². The summed E-state index contributed by atoms with van der Waals surface area (Å²) in [6.07, 6.45) is 0.0464. The minimum absolute atomic E-state index is 0.00384. The van der Waals surface area contributed by atoms with Crippen LogP contribution in [0.25, 0.3) is 11.1 Å². The molecule has 0 atom stereocenters. The normalized spacial score (nSPS) is 10.6. The van der Waals surface area contributed by atoms with E-state index in [2.05, 4.69) is 0 Å². The van der Waals surface area contributed by atoms with E-state index in [1.54, 1.807) is 0 Å². The zero-order valence-electron chi connectivity index (χ0n) is 9.81. The first-order valence-corrected chi connectivity index (χ1v) is 5.34. The Kier molecular flexibility index (Phi) is 3.38. The lowest BCUT2D eigenvalue weighted by molar-refractivity contribution is 0.111. The summed E-state index contributed by atoms with van der Waals surface area (Å²) in [6.45, 7) is 1.26. The zero-order chi connectivity index (χ0) is 14.2. The monoisotopic (exact) mass is 268 g/mol. The fourth-order valence-corrected chi connectivity index (χ4v) is 1.68. The smallest absolute Gasteiger partial charge is 0.155 e. The summed E-state index contributed by atoms with van der Waals surface area (Å²) in [6, 6.07) is 3.67. The molecule has 0 aliphatic carbocycles. The van der Waals surface area contributed by atoms with Crippen LogP contribution in [0.2, 0.25) is 0 Å². The highest BCUT2D eigenvalue weighted by Gasteiger charge is 2.14. The third-order valence-electron chi connectivity index (χ3n) is 2.81. The van der Waals surface area contributed by atoms with Crippen molar-refractivity contribution in [3.8, 4) is 11.1 Å². The lowest BCUT2D eigenvalue weighted by Gasteiger charge is -2.07. The van der Waals surface area contributed by atoms with Crippen molar-refractivity contribution in [2.45, 2.75) is 6.92 Å². The molecule has 0 saturated heterocycles. The summed E-state index contributed by atoms with van der Waals surface area (Å²) in [7, 11) is 0. The van der Waals surface area contributed by atoms with Crippen molar-refractivity contribution < 1.29 is 22.4 Å². The summed E-state index contributed by atoms with van der Waals surface area (Å²) in [4.78, 5) is 10.4. The molecular weight excluding hydrogens is 260 g/mol. The number of carbonyl (C=O) groups is 1. The molecule has 0 N–H and O–H groups in total. The molecule has 0 fully saturated rings. The van der Waals surface area contributed by atoms with Crippen LogP contribution in [0.1, 0.15) is 15.9 Å². The minimum atomic E-state index is -1.08. The van der Waals surface area contributed by atoms with Crippen LogP contribution in [-0.2, 0) is 0 Å². The van der Waals surface area contributed by atoms with Crippen molar-refractivity contribution in [1.82, 2.24) is 0 Å². The van der Waals surface area contributed by atoms with Crippen LogP contribution in [0.4, 0.5) is 17.6 Å². The van der Waals surface area contributed by atoms with Crippen LogP contribution in [-0.4, -0.2) is 6.29 Å². The lowest BCUT2D eigenvalue weighted by atomic mass is 10.0. The van der Waals surface area contributed by atoms with E-state index in [0.29, 0.717) is 0 Å². The Labute approximate surface area is 106 Å². The molecule has 0 aromatic heterocycles. The van der Waals surface area contributed by atoms with Gasteiger partial charge >= 0.3 is 0 Å². The molecule has 0 saturated carbocycles. The second-order valence-corrected chi connectivity index (χ2v) is 4.04. The molecule has 5 heteroatoms. The highest BCUT2D eigenvalue weighted by atomic mass is 19.1. The van der Waals surface area contributed by atoms with Crippen LogP contribution in [0.15, 0.2) is 24.3 Å². The molecule has 0 amide bonds. The van der Waals surface area contributed by atoms with Gasteiger partial charge in [0.1, 0.15) is 23.3 Å². The lowest BCUT2D eigenvalue weighted by Crippen LogP contribution is -1.96. The zero-order valence-corrected chi connectivity index (χ0v) is 9.81. The van der Waals surface area contributed by atoms with Gasteiger partial charge in [0.15, 0.2) is 6.29 Å². The molecule has 0 bridgehead atoms. The quantitative estimate of drug-likeness (QED) is 0.593. The number of halogens is 4. The van der Waals surface area contributed by atoms with E-state index in [-0.39, 0.29) is 23.0 Å². The van der Waals surface area contributed by atoms with E-state index >= 15 is 0 Å². The molecule has 0 radical (unpaired) electrons. The van der Waals surface area contributed by atoms with Gasteiger partial charge in [-0.25, -0.2) is 17.6 Å². The van der Waals surface area contributed by atoms with Crippen molar-refractivity contribution in [3.63, 3.8) is 0 Å². The Morgan fingerprint density at radius 3 is 1.53 bits per heavy atom. The Hall–Kier alpha value is -2.17. The molecule has 19 heavy (non-hydrogen) atoms. The molecular formula is C14H8F4O. The highest BCUT2D eigenvalue weighted by molar-refractivity contribution is 5.78. The van der Waals surface area contributed by atoms with Crippen molar-refractivity contribution in [2.24, 2.45) is 0 Å². The van der Waals surface area contributed by atoms with E-state index < -0.39 is 28.8 Å². The molecule has 0 unspecified atom stereocenters. The van der Waals surface area contributed by atoms with Gasteiger partial charge in [-0.3, -0.25) is 4.79 Å². The topological polar surface area (TPSA) is 17.1 Å². The van der Waals surface area contributed by atoms with E-state index in [4.69, 9.17) is 0 Å². The first kappa shape index (κ1) is 13.3. The number of aldehydes is 1. The van der Waals surface area contributed by atoms with Gasteiger partial charge in [-0.15, -0.1) is 0 Å². The van der Waals surface area contributed by atoms with Crippen LogP contribution < -0.4 is 0 Å². The third-order valence-corrected chi connectivity index (χ3v) is 2.81. The summed E-state index contributed by atoms with van der Waals surface area (Å²) in [5.74, 6) is -3.77. The van der Waals surface area contributed by atoms with E-state index in [1.807, 2.05) is 0 Å². The van der Waals surface area contributed by atoms with E-state index in [0.717, 1.165) is 24.3 Å². The predicted molar refractivity (Wildman–Crippen MR) is 61.8 cm³/mol. The number of benzene rings is 2. The molecule has 98 valence electrons. The highest BCUT2D eigenvalue weighted by Crippen LogP contribution is 2.26. The van der Waals surface area contributed by atoms with E-state index in [1.165, 1.54) is 6.92 Å². The molecule has 2 rings (SSSR count). The van der Waals surface area contributed by atoms with Gasteiger partial charge in [-0.2, -0.15) is 0 Å². The van der Waals surface area contributed by atoms with Crippen molar-refractivity contribution in [3.05, 3.63) is 58.7 Å². The largest absolute Gasteiger partial charge is 0.298 e. The van der Waals surface area contributed by atoms with Crippen LogP contribution in [0.5, 0.6) is 0 Å². The molecule has 2 aromatic rings. The SMILES string of the molecule is Cc1c(F)cc(-c2cc(F)c(C=O)c(F)c2)cc1F. The van der Waals surface area contributed by atoms with Gasteiger partial charge in [0.05, 0.1) is 5.56 Å². The average molecular weight is 268 g/mol. The predicted octanol–water partition coefficient (Wildman–Crippen LogP) is 4.03. The summed E-state index contributed by atoms with van der Waals surface area (Å²) in [5.41, 5.74) is -0.930. The maximum Gasteiger partial charge on any atom is 0.155 e. The number of rotatable bonds is 2. The van der Waals surface area contributed by atoms with Gasteiger partial charge < -0.3 is 0 Å². The Bertz CT molecular complexity index is 618. The van der Waals surface area contributed by atoms with Gasteiger partial charge in [0.2, 0.25) is 0 Å². The summed E-state index contributed by atoms with van der Waals surface area (Å²) in [5, 5.41) is 0. The third kappa shape index (κ3) is 2.36. The molecule has 2 aromatic carbocycles. The second-order valence-electron chi connectivity index (χ2n) is 4.04. The average Bonchev–Trinajstić information content (AvgIpc) is 2.35. The van der Waals surface area contributed by atoms with Gasteiger partial charge in [0.25, 0.3) is 0 Å². The Morgan fingerprint density at radius 1 is 0.789 bits per heavy atom. The van der Waals surface area contributed by atoms with Crippen LogP contribution in [0.3, 0.4) is 0 Å². The first-order chi connectivity index (χ1) is 8.93. The van der Waals surface area contributed by atoms with Gasteiger partial charge in [-0.1, -0.05) is 0 Å². The minimum Gasteiger partial charge on any atom is -0.298 e.